The molecule has 0 bridgehead atoms. The molecule has 6 nitrogen and oxygen atoms in total. The molecule has 0 unspecified atom stereocenters. The van der Waals surface area contributed by atoms with Crippen molar-refractivity contribution in [2.24, 2.45) is 0 Å². The highest BCUT2D eigenvalue weighted by Gasteiger charge is 2.03. The van der Waals surface area contributed by atoms with Crippen molar-refractivity contribution in [3.05, 3.63) is 17.8 Å². The van der Waals surface area contributed by atoms with Gasteiger partial charge in [0.2, 0.25) is 11.8 Å². The van der Waals surface area contributed by atoms with Gasteiger partial charge in [-0.3, -0.25) is 10.1 Å². The van der Waals surface area contributed by atoms with Crippen LogP contribution in [0.25, 0.3) is 0 Å². The normalized spacial score (nSPS) is 10.5. The van der Waals surface area contributed by atoms with Gasteiger partial charge in [-0.15, -0.1) is 0 Å². The molecule has 6 heteroatoms. The second kappa shape index (κ2) is 7.81. The Morgan fingerprint density at radius 2 is 2.41 bits per heavy atom. The average molecular weight is 241 g/mol. The van der Waals surface area contributed by atoms with Crippen molar-refractivity contribution in [2.45, 2.75) is 19.9 Å². The minimum Gasteiger partial charge on any atom is -0.444 e. The van der Waals surface area contributed by atoms with E-state index in [0.717, 1.165) is 12.2 Å². The van der Waals surface area contributed by atoms with Crippen molar-refractivity contribution in [3.63, 3.8) is 0 Å². The molecule has 1 amide bonds. The largest absolute Gasteiger partial charge is 0.444 e. The third kappa shape index (κ3) is 5.46. The first-order valence-corrected chi connectivity index (χ1v) is 5.66. The highest BCUT2D eigenvalue weighted by Crippen LogP contribution is 2.03. The third-order valence-corrected chi connectivity index (χ3v) is 2.14. The summed E-state index contributed by atoms with van der Waals surface area (Å²) in [7, 11) is 1.60. The number of carbonyl (C=O) groups is 1. The fraction of sp³-hybridized carbons (Fsp3) is 0.636. The zero-order valence-corrected chi connectivity index (χ0v) is 10.3. The van der Waals surface area contributed by atoms with Crippen LogP contribution in [0.3, 0.4) is 0 Å². The second-order valence-electron chi connectivity index (χ2n) is 3.52. The van der Waals surface area contributed by atoms with Gasteiger partial charge < -0.3 is 14.5 Å². The number of amides is 1. The fourth-order valence-corrected chi connectivity index (χ4v) is 1.23. The zero-order chi connectivity index (χ0) is 12.5. The van der Waals surface area contributed by atoms with Gasteiger partial charge in [-0.2, -0.15) is 0 Å². The molecule has 0 radical (unpaired) electrons. The quantitative estimate of drug-likeness (QED) is 0.631. The molecule has 96 valence electrons. The molecule has 0 aliphatic carbocycles. The Balaban J connectivity index is 2.12. The highest BCUT2D eigenvalue weighted by atomic mass is 16.5. The van der Waals surface area contributed by atoms with Gasteiger partial charge >= 0.3 is 0 Å². The van der Waals surface area contributed by atoms with E-state index in [2.05, 4.69) is 15.6 Å². The van der Waals surface area contributed by atoms with Crippen LogP contribution in [0.15, 0.2) is 10.6 Å². The summed E-state index contributed by atoms with van der Waals surface area (Å²) < 4.78 is 10.2. The number of aryl methyl sites for hydroxylation is 1. The molecule has 0 spiro atoms. The van der Waals surface area contributed by atoms with Crippen molar-refractivity contribution in [2.75, 3.05) is 26.8 Å². The summed E-state index contributed by atoms with van der Waals surface area (Å²) in [5.41, 5.74) is 0. The first-order chi connectivity index (χ1) is 8.26. The maximum Gasteiger partial charge on any atom is 0.234 e. The van der Waals surface area contributed by atoms with Gasteiger partial charge in [0.1, 0.15) is 5.76 Å². The molecular formula is C11H19N3O3. The van der Waals surface area contributed by atoms with Crippen LogP contribution in [0.4, 0.5) is 0 Å². The molecule has 0 aliphatic heterocycles. The molecule has 0 aliphatic rings. The number of nitrogens with one attached hydrogen (secondary N) is 2. The fourth-order valence-electron chi connectivity index (χ4n) is 1.23. The van der Waals surface area contributed by atoms with Crippen LogP contribution in [0.1, 0.15) is 18.6 Å². The first kappa shape index (κ1) is 13.7. The van der Waals surface area contributed by atoms with Crippen molar-refractivity contribution in [1.82, 2.24) is 15.6 Å². The van der Waals surface area contributed by atoms with E-state index in [0.29, 0.717) is 25.6 Å². The van der Waals surface area contributed by atoms with Gasteiger partial charge in [-0.1, -0.05) is 6.92 Å². The molecule has 17 heavy (non-hydrogen) atoms. The molecule has 1 rings (SSSR count). The third-order valence-electron chi connectivity index (χ3n) is 2.14. The van der Waals surface area contributed by atoms with Crippen LogP contribution in [0.2, 0.25) is 0 Å². The summed E-state index contributed by atoms with van der Waals surface area (Å²) in [6.07, 6.45) is 2.53. The van der Waals surface area contributed by atoms with Crippen LogP contribution in [-0.4, -0.2) is 37.7 Å². The SMILES string of the molecule is CCc1cnc(CNCC(=O)NCCOC)o1. The van der Waals surface area contributed by atoms with E-state index >= 15 is 0 Å². The van der Waals surface area contributed by atoms with Gasteiger partial charge in [-0.25, -0.2) is 4.98 Å². The number of hydrogen-bond donors (Lipinski definition) is 2. The van der Waals surface area contributed by atoms with E-state index in [1.54, 1.807) is 13.3 Å². The van der Waals surface area contributed by atoms with Crippen LogP contribution < -0.4 is 10.6 Å². The van der Waals surface area contributed by atoms with E-state index in [1.165, 1.54) is 0 Å². The summed E-state index contributed by atoms with van der Waals surface area (Å²) in [5.74, 6) is 1.39. The van der Waals surface area contributed by atoms with Gasteiger partial charge in [0, 0.05) is 20.1 Å². The van der Waals surface area contributed by atoms with Crippen molar-refractivity contribution in [1.29, 1.82) is 0 Å². The Bertz CT molecular complexity index is 338. The Kier molecular flexibility index (Phi) is 6.27. The molecule has 0 saturated carbocycles. The van der Waals surface area contributed by atoms with Crippen LogP contribution in [-0.2, 0) is 22.5 Å². The first-order valence-electron chi connectivity index (χ1n) is 5.66. The number of oxazole rings is 1. The summed E-state index contributed by atoms with van der Waals surface area (Å²) in [5, 5.41) is 5.67. The lowest BCUT2D eigenvalue weighted by molar-refractivity contribution is -0.120. The molecule has 0 saturated heterocycles. The molecule has 0 aromatic carbocycles. The molecule has 0 fully saturated rings. The number of nitrogens with zero attached hydrogens (tertiary/aromatic N) is 1. The van der Waals surface area contributed by atoms with Crippen LogP contribution in [0, 0.1) is 0 Å². The van der Waals surface area contributed by atoms with Gasteiger partial charge in [0.05, 0.1) is 25.9 Å². The lowest BCUT2D eigenvalue weighted by Crippen LogP contribution is -2.35. The van der Waals surface area contributed by atoms with Crippen molar-refractivity contribution in [3.8, 4) is 0 Å². The minimum atomic E-state index is -0.0654. The molecule has 0 atom stereocenters. The second-order valence-corrected chi connectivity index (χ2v) is 3.52. The Morgan fingerprint density at radius 1 is 1.59 bits per heavy atom. The lowest BCUT2D eigenvalue weighted by Gasteiger charge is -2.04. The molecule has 2 N–H and O–H groups in total. The minimum absolute atomic E-state index is 0.0654. The van der Waals surface area contributed by atoms with Gasteiger partial charge in [0.15, 0.2) is 0 Å². The van der Waals surface area contributed by atoms with Crippen LogP contribution >= 0.6 is 0 Å². The molecular weight excluding hydrogens is 222 g/mol. The standard InChI is InChI=1S/C11H19N3O3/c1-3-9-6-14-11(17-9)8-12-7-10(15)13-4-5-16-2/h6,12H,3-5,7-8H2,1-2H3,(H,13,15). The van der Waals surface area contributed by atoms with E-state index in [1.807, 2.05) is 6.92 Å². The topological polar surface area (TPSA) is 76.4 Å². The number of ether oxygens (including phenoxy) is 1. The zero-order valence-electron chi connectivity index (χ0n) is 10.3. The molecule has 1 heterocycles. The van der Waals surface area contributed by atoms with E-state index < -0.39 is 0 Å². The number of aromatic nitrogens is 1. The average Bonchev–Trinajstić information content (AvgIpc) is 2.77. The van der Waals surface area contributed by atoms with Crippen molar-refractivity contribution >= 4 is 5.91 Å². The van der Waals surface area contributed by atoms with Crippen LogP contribution in [0.5, 0.6) is 0 Å². The molecule has 1 aromatic heterocycles. The smallest absolute Gasteiger partial charge is 0.234 e. The number of hydrogen-bond acceptors (Lipinski definition) is 5. The van der Waals surface area contributed by atoms with Gasteiger partial charge in [0.25, 0.3) is 0 Å². The summed E-state index contributed by atoms with van der Waals surface area (Å²) >= 11 is 0. The Hall–Kier alpha value is -1.40. The van der Waals surface area contributed by atoms with Crippen molar-refractivity contribution < 1.29 is 13.9 Å². The predicted molar refractivity (Wildman–Crippen MR) is 62.5 cm³/mol. The highest BCUT2D eigenvalue weighted by molar-refractivity contribution is 5.77. The monoisotopic (exact) mass is 241 g/mol. The van der Waals surface area contributed by atoms with Gasteiger partial charge in [-0.05, 0) is 0 Å². The maximum atomic E-state index is 11.3. The number of carbonyl (C=O) groups excluding carboxylic acids is 1. The summed E-state index contributed by atoms with van der Waals surface area (Å²) in [6, 6.07) is 0. The molecule has 1 aromatic rings. The van der Waals surface area contributed by atoms with E-state index in [9.17, 15) is 4.79 Å². The number of rotatable bonds is 8. The number of methoxy groups -OCH3 is 1. The summed E-state index contributed by atoms with van der Waals surface area (Å²) in [6.45, 7) is 3.74. The predicted octanol–water partition coefficient (Wildman–Crippen LogP) is 0.0892. The summed E-state index contributed by atoms with van der Waals surface area (Å²) in [4.78, 5) is 15.4. The van der Waals surface area contributed by atoms with E-state index in [4.69, 9.17) is 9.15 Å². The Labute approximate surface area is 101 Å². The maximum absolute atomic E-state index is 11.3. The lowest BCUT2D eigenvalue weighted by atomic mass is 10.4. The Morgan fingerprint density at radius 3 is 3.06 bits per heavy atom. The van der Waals surface area contributed by atoms with E-state index in [-0.39, 0.29) is 12.5 Å².